The second kappa shape index (κ2) is 9.07. The molecule has 1 aliphatic carbocycles. The van der Waals surface area contributed by atoms with Gasteiger partial charge in [0.2, 0.25) is 5.91 Å². The summed E-state index contributed by atoms with van der Waals surface area (Å²) in [4.78, 5) is 12.1. The van der Waals surface area contributed by atoms with Crippen LogP contribution >= 0.6 is 0 Å². The lowest BCUT2D eigenvalue weighted by molar-refractivity contribution is -0.121. The van der Waals surface area contributed by atoms with Crippen molar-refractivity contribution in [2.45, 2.75) is 70.1 Å². The van der Waals surface area contributed by atoms with Crippen LogP contribution in [-0.2, 0) is 10.2 Å². The van der Waals surface area contributed by atoms with Crippen molar-refractivity contribution in [2.75, 3.05) is 13.1 Å². The number of carbonyl (C=O) groups is 1. The minimum Gasteiger partial charge on any atom is -0.355 e. The van der Waals surface area contributed by atoms with Crippen LogP contribution in [-0.4, -0.2) is 19.0 Å². The van der Waals surface area contributed by atoms with Gasteiger partial charge in [0.1, 0.15) is 0 Å². The highest BCUT2D eigenvalue weighted by Gasteiger charge is 2.35. The Labute approximate surface area is 141 Å². The third-order valence-corrected chi connectivity index (χ3v) is 5.17. The van der Waals surface area contributed by atoms with Gasteiger partial charge in [-0.25, -0.2) is 0 Å². The molecule has 0 unspecified atom stereocenters. The van der Waals surface area contributed by atoms with Crippen molar-refractivity contribution in [2.24, 2.45) is 5.73 Å². The Morgan fingerprint density at radius 2 is 1.91 bits per heavy atom. The monoisotopic (exact) mass is 316 g/mol. The van der Waals surface area contributed by atoms with Gasteiger partial charge in [-0.15, -0.1) is 0 Å². The topological polar surface area (TPSA) is 55.1 Å². The largest absolute Gasteiger partial charge is 0.355 e. The van der Waals surface area contributed by atoms with Gasteiger partial charge in [-0.2, -0.15) is 0 Å². The van der Waals surface area contributed by atoms with Gasteiger partial charge in [0.05, 0.1) is 0 Å². The van der Waals surface area contributed by atoms with E-state index in [-0.39, 0.29) is 11.3 Å². The average Bonchev–Trinajstić information content (AvgIpc) is 3.03. The molecule has 3 nitrogen and oxygen atoms in total. The molecule has 0 heterocycles. The van der Waals surface area contributed by atoms with Crippen LogP contribution in [0.15, 0.2) is 24.3 Å². The van der Waals surface area contributed by atoms with Crippen LogP contribution in [0.25, 0.3) is 0 Å². The van der Waals surface area contributed by atoms with Crippen LogP contribution in [0.4, 0.5) is 0 Å². The molecule has 1 aliphatic rings. The van der Waals surface area contributed by atoms with Crippen LogP contribution in [0.2, 0.25) is 0 Å². The number of carbonyl (C=O) groups excluding carboxylic acids is 1. The van der Waals surface area contributed by atoms with Crippen LogP contribution in [0.1, 0.15) is 68.9 Å². The summed E-state index contributed by atoms with van der Waals surface area (Å²) in [7, 11) is 0. The first-order chi connectivity index (χ1) is 11.2. The van der Waals surface area contributed by atoms with Crippen molar-refractivity contribution in [3.63, 3.8) is 0 Å². The van der Waals surface area contributed by atoms with E-state index in [1.165, 1.54) is 36.8 Å². The normalized spacial score (nSPS) is 16.4. The van der Waals surface area contributed by atoms with Gasteiger partial charge in [-0.3, -0.25) is 4.79 Å². The number of aryl methyl sites for hydroxylation is 1. The zero-order valence-corrected chi connectivity index (χ0v) is 14.6. The van der Waals surface area contributed by atoms with E-state index in [0.29, 0.717) is 6.42 Å². The maximum Gasteiger partial charge on any atom is 0.220 e. The summed E-state index contributed by atoms with van der Waals surface area (Å²) < 4.78 is 0. The predicted octanol–water partition coefficient (Wildman–Crippen LogP) is 3.83. The van der Waals surface area contributed by atoms with Crippen LogP contribution < -0.4 is 11.1 Å². The number of nitrogens with two attached hydrogens (primary N) is 1. The molecule has 0 radical (unpaired) electrons. The Bertz CT molecular complexity index is 492. The highest BCUT2D eigenvalue weighted by molar-refractivity contribution is 5.76. The average molecular weight is 316 g/mol. The quantitative estimate of drug-likeness (QED) is 0.680. The zero-order chi connectivity index (χ0) is 16.5. The molecule has 1 saturated carbocycles. The Balaban J connectivity index is 1.84. The minimum atomic E-state index is 0.154. The van der Waals surface area contributed by atoms with Gasteiger partial charge in [0, 0.05) is 18.4 Å². The first-order valence-electron chi connectivity index (χ1n) is 9.20. The molecule has 2 rings (SSSR count). The molecule has 0 saturated heterocycles. The van der Waals surface area contributed by atoms with Gasteiger partial charge in [-0.1, -0.05) is 55.5 Å². The smallest absolute Gasteiger partial charge is 0.220 e. The zero-order valence-electron chi connectivity index (χ0n) is 14.6. The highest BCUT2D eigenvalue weighted by Crippen LogP contribution is 2.40. The van der Waals surface area contributed by atoms with E-state index in [1.54, 1.807) is 0 Å². The minimum absolute atomic E-state index is 0.154. The fourth-order valence-corrected chi connectivity index (χ4v) is 3.73. The van der Waals surface area contributed by atoms with Crippen molar-refractivity contribution < 1.29 is 4.79 Å². The number of benzene rings is 1. The van der Waals surface area contributed by atoms with Crippen LogP contribution in [0.3, 0.4) is 0 Å². The summed E-state index contributed by atoms with van der Waals surface area (Å²) in [6.45, 7) is 3.69. The second-order valence-corrected chi connectivity index (χ2v) is 7.09. The van der Waals surface area contributed by atoms with E-state index < -0.39 is 0 Å². The van der Waals surface area contributed by atoms with Crippen molar-refractivity contribution in [1.29, 1.82) is 0 Å². The third kappa shape index (κ3) is 5.35. The van der Waals surface area contributed by atoms with Gasteiger partial charge >= 0.3 is 0 Å². The Kier molecular flexibility index (Phi) is 7.10. The molecular weight excluding hydrogens is 284 g/mol. The molecule has 1 aromatic rings. The number of hydrogen-bond donors (Lipinski definition) is 2. The summed E-state index contributed by atoms with van der Waals surface area (Å²) in [6, 6.07) is 8.82. The standard InChI is InChI=1S/C20H32N2O/c1-17-9-8-10-18(15-17)20(12-5-6-13-20)16-22-19(23)11-4-2-3-7-14-21/h8-10,15H,2-7,11-14,16,21H2,1H3,(H,22,23). The molecular formula is C20H32N2O. The van der Waals surface area contributed by atoms with E-state index >= 15 is 0 Å². The molecule has 0 atom stereocenters. The van der Waals surface area contributed by atoms with E-state index in [4.69, 9.17) is 5.73 Å². The van der Waals surface area contributed by atoms with Gasteiger partial charge in [-0.05, 0) is 44.7 Å². The molecule has 1 amide bonds. The van der Waals surface area contributed by atoms with Crippen molar-refractivity contribution in [3.8, 4) is 0 Å². The van der Waals surface area contributed by atoms with Crippen molar-refractivity contribution in [1.82, 2.24) is 5.32 Å². The predicted molar refractivity (Wildman–Crippen MR) is 96.5 cm³/mol. The summed E-state index contributed by atoms with van der Waals surface area (Å²) in [5.74, 6) is 0.205. The SMILES string of the molecule is Cc1cccc(C2(CNC(=O)CCCCCCN)CCCC2)c1. The molecule has 128 valence electrons. The number of hydrogen-bond acceptors (Lipinski definition) is 2. The molecule has 1 fully saturated rings. The van der Waals surface area contributed by atoms with E-state index in [0.717, 1.165) is 38.8 Å². The lowest BCUT2D eigenvalue weighted by atomic mass is 9.78. The first kappa shape index (κ1) is 18.0. The molecule has 3 N–H and O–H groups in total. The Morgan fingerprint density at radius 3 is 2.61 bits per heavy atom. The van der Waals surface area contributed by atoms with Gasteiger partial charge in [0.15, 0.2) is 0 Å². The van der Waals surface area contributed by atoms with Gasteiger partial charge in [0.25, 0.3) is 0 Å². The second-order valence-electron chi connectivity index (χ2n) is 7.09. The third-order valence-electron chi connectivity index (χ3n) is 5.17. The summed E-state index contributed by atoms with van der Waals surface area (Å²) in [5.41, 5.74) is 8.35. The maximum atomic E-state index is 12.1. The van der Waals surface area contributed by atoms with E-state index in [1.807, 2.05) is 0 Å². The maximum absolute atomic E-state index is 12.1. The van der Waals surface area contributed by atoms with Crippen LogP contribution in [0.5, 0.6) is 0 Å². The highest BCUT2D eigenvalue weighted by atomic mass is 16.1. The molecule has 1 aromatic carbocycles. The summed E-state index contributed by atoms with van der Waals surface area (Å²) >= 11 is 0. The molecule has 0 spiro atoms. The van der Waals surface area contributed by atoms with E-state index in [9.17, 15) is 4.79 Å². The number of amides is 1. The van der Waals surface area contributed by atoms with Gasteiger partial charge < -0.3 is 11.1 Å². The lowest BCUT2D eigenvalue weighted by Crippen LogP contribution is -2.39. The number of rotatable bonds is 9. The van der Waals surface area contributed by atoms with Crippen LogP contribution in [0, 0.1) is 6.92 Å². The summed E-state index contributed by atoms with van der Waals surface area (Å²) in [5, 5.41) is 3.21. The molecule has 0 aliphatic heterocycles. The number of nitrogens with one attached hydrogen (secondary N) is 1. The van der Waals surface area contributed by atoms with Crippen molar-refractivity contribution >= 4 is 5.91 Å². The molecule has 0 aromatic heterocycles. The lowest BCUT2D eigenvalue weighted by Gasteiger charge is -2.30. The Hall–Kier alpha value is -1.35. The van der Waals surface area contributed by atoms with Crippen molar-refractivity contribution in [3.05, 3.63) is 35.4 Å². The first-order valence-corrected chi connectivity index (χ1v) is 9.20. The molecule has 3 heteroatoms. The fraction of sp³-hybridized carbons (Fsp3) is 0.650. The molecule has 0 bridgehead atoms. The fourth-order valence-electron chi connectivity index (χ4n) is 3.73. The molecule has 23 heavy (non-hydrogen) atoms. The summed E-state index contributed by atoms with van der Waals surface area (Å²) in [6.07, 6.45) is 9.84. The Morgan fingerprint density at radius 1 is 1.17 bits per heavy atom. The van der Waals surface area contributed by atoms with E-state index in [2.05, 4.69) is 36.5 Å². The number of unbranched alkanes of at least 4 members (excludes halogenated alkanes) is 3.